The van der Waals surface area contributed by atoms with E-state index >= 15 is 0 Å². The SMILES string of the molecule is CCCCCCCCCC(OCCC)c1cccc(C(F)(F)F)c1. The molecule has 24 heavy (non-hydrogen) atoms. The molecular weight excluding hydrogens is 313 g/mol. The zero-order chi connectivity index (χ0) is 17.8. The Kier molecular flexibility index (Phi) is 10.1. The Balaban J connectivity index is 2.55. The summed E-state index contributed by atoms with van der Waals surface area (Å²) < 4.78 is 44.5. The van der Waals surface area contributed by atoms with Gasteiger partial charge < -0.3 is 4.74 Å². The van der Waals surface area contributed by atoms with E-state index in [1.165, 1.54) is 44.2 Å². The third kappa shape index (κ3) is 8.18. The minimum atomic E-state index is -4.30. The third-order valence-electron chi connectivity index (χ3n) is 4.18. The van der Waals surface area contributed by atoms with E-state index in [9.17, 15) is 13.2 Å². The Morgan fingerprint density at radius 3 is 2.21 bits per heavy atom. The summed E-state index contributed by atoms with van der Waals surface area (Å²) in [6, 6.07) is 5.58. The lowest BCUT2D eigenvalue weighted by Gasteiger charge is -2.19. The van der Waals surface area contributed by atoms with Crippen molar-refractivity contribution in [2.24, 2.45) is 0 Å². The largest absolute Gasteiger partial charge is 0.416 e. The molecule has 0 N–H and O–H groups in total. The predicted octanol–water partition coefficient (Wildman–Crippen LogP) is 7.31. The standard InChI is InChI=1S/C20H31F3O/c1-3-5-6-7-8-9-10-14-19(24-15-4-2)17-12-11-13-18(16-17)20(21,22)23/h11-13,16,19H,3-10,14-15H2,1-2H3. The molecule has 1 rings (SSSR count). The molecular formula is C20H31F3O. The van der Waals surface area contributed by atoms with Crippen LogP contribution in [0.2, 0.25) is 0 Å². The molecule has 0 heterocycles. The highest BCUT2D eigenvalue weighted by molar-refractivity contribution is 5.27. The Morgan fingerprint density at radius 1 is 0.917 bits per heavy atom. The van der Waals surface area contributed by atoms with Gasteiger partial charge in [0, 0.05) is 6.61 Å². The monoisotopic (exact) mass is 344 g/mol. The number of benzene rings is 1. The van der Waals surface area contributed by atoms with E-state index in [2.05, 4.69) is 6.92 Å². The van der Waals surface area contributed by atoms with Crippen molar-refractivity contribution >= 4 is 0 Å². The number of halogens is 3. The van der Waals surface area contributed by atoms with Crippen LogP contribution in [-0.4, -0.2) is 6.61 Å². The van der Waals surface area contributed by atoms with Gasteiger partial charge in [-0.1, -0.05) is 70.9 Å². The van der Waals surface area contributed by atoms with Crippen molar-refractivity contribution in [1.29, 1.82) is 0 Å². The van der Waals surface area contributed by atoms with Crippen LogP contribution in [0, 0.1) is 0 Å². The van der Waals surface area contributed by atoms with Crippen molar-refractivity contribution in [3.8, 4) is 0 Å². The quantitative estimate of drug-likeness (QED) is 0.361. The highest BCUT2D eigenvalue weighted by Crippen LogP contribution is 2.32. The van der Waals surface area contributed by atoms with Crippen LogP contribution in [0.1, 0.15) is 88.9 Å². The molecule has 0 aromatic heterocycles. The second kappa shape index (κ2) is 11.5. The van der Waals surface area contributed by atoms with Crippen LogP contribution in [0.25, 0.3) is 0 Å². The van der Waals surface area contributed by atoms with Crippen molar-refractivity contribution in [3.05, 3.63) is 35.4 Å². The zero-order valence-corrected chi connectivity index (χ0v) is 15.0. The molecule has 0 saturated carbocycles. The van der Waals surface area contributed by atoms with Gasteiger partial charge in [0.2, 0.25) is 0 Å². The lowest BCUT2D eigenvalue weighted by atomic mass is 9.99. The number of ether oxygens (including phenoxy) is 1. The fourth-order valence-electron chi connectivity index (χ4n) is 2.81. The molecule has 0 spiro atoms. The predicted molar refractivity (Wildman–Crippen MR) is 93.0 cm³/mol. The summed E-state index contributed by atoms with van der Waals surface area (Å²) in [6.45, 7) is 4.79. The molecule has 0 fully saturated rings. The van der Waals surface area contributed by atoms with E-state index in [4.69, 9.17) is 4.74 Å². The maximum Gasteiger partial charge on any atom is 0.416 e. The average molecular weight is 344 g/mol. The van der Waals surface area contributed by atoms with E-state index < -0.39 is 11.7 Å². The van der Waals surface area contributed by atoms with Crippen LogP contribution in [0.3, 0.4) is 0 Å². The van der Waals surface area contributed by atoms with Crippen LogP contribution in [0.5, 0.6) is 0 Å². The summed E-state index contributed by atoms with van der Waals surface area (Å²) in [7, 11) is 0. The molecule has 0 aliphatic heterocycles. The van der Waals surface area contributed by atoms with E-state index in [1.807, 2.05) is 6.92 Å². The molecule has 4 heteroatoms. The lowest BCUT2D eigenvalue weighted by Crippen LogP contribution is -2.09. The Morgan fingerprint density at radius 2 is 1.58 bits per heavy atom. The normalized spacial score (nSPS) is 13.2. The maximum absolute atomic E-state index is 12.9. The number of hydrogen-bond donors (Lipinski definition) is 0. The van der Waals surface area contributed by atoms with Gasteiger partial charge in [0.05, 0.1) is 11.7 Å². The molecule has 138 valence electrons. The van der Waals surface area contributed by atoms with Crippen LogP contribution < -0.4 is 0 Å². The second-order valence-electron chi connectivity index (χ2n) is 6.39. The smallest absolute Gasteiger partial charge is 0.374 e. The Bertz CT molecular complexity index is 443. The molecule has 0 radical (unpaired) electrons. The van der Waals surface area contributed by atoms with E-state index in [1.54, 1.807) is 6.07 Å². The first-order valence-electron chi connectivity index (χ1n) is 9.27. The van der Waals surface area contributed by atoms with Gasteiger partial charge in [0.1, 0.15) is 0 Å². The molecule has 1 aromatic rings. The van der Waals surface area contributed by atoms with Gasteiger partial charge >= 0.3 is 6.18 Å². The Labute approximate surface area is 144 Å². The van der Waals surface area contributed by atoms with Crippen molar-refractivity contribution in [2.45, 2.75) is 83.9 Å². The van der Waals surface area contributed by atoms with Crippen LogP contribution in [0.4, 0.5) is 13.2 Å². The van der Waals surface area contributed by atoms with Crippen molar-refractivity contribution in [3.63, 3.8) is 0 Å². The summed E-state index contributed by atoms with van der Waals surface area (Å²) in [5, 5.41) is 0. The molecule has 0 amide bonds. The van der Waals surface area contributed by atoms with Gasteiger partial charge in [-0.2, -0.15) is 13.2 Å². The second-order valence-corrected chi connectivity index (χ2v) is 6.39. The summed E-state index contributed by atoms with van der Waals surface area (Å²) in [4.78, 5) is 0. The fraction of sp³-hybridized carbons (Fsp3) is 0.700. The summed E-state index contributed by atoms with van der Waals surface area (Å²) >= 11 is 0. The molecule has 1 unspecified atom stereocenters. The van der Waals surface area contributed by atoms with E-state index in [-0.39, 0.29) is 6.10 Å². The third-order valence-corrected chi connectivity index (χ3v) is 4.18. The summed E-state index contributed by atoms with van der Waals surface area (Å²) in [6.07, 6.45) is 5.48. The molecule has 0 saturated heterocycles. The molecule has 1 aromatic carbocycles. The maximum atomic E-state index is 12.9. The minimum absolute atomic E-state index is 0.233. The summed E-state index contributed by atoms with van der Waals surface area (Å²) in [5.74, 6) is 0. The van der Waals surface area contributed by atoms with Crippen LogP contribution >= 0.6 is 0 Å². The first-order chi connectivity index (χ1) is 11.5. The highest BCUT2D eigenvalue weighted by Gasteiger charge is 2.31. The van der Waals surface area contributed by atoms with Gasteiger partial charge in [-0.15, -0.1) is 0 Å². The molecule has 1 nitrogen and oxygen atoms in total. The molecule has 0 bridgehead atoms. The molecule has 1 atom stereocenters. The van der Waals surface area contributed by atoms with Crippen molar-refractivity contribution < 1.29 is 17.9 Å². The van der Waals surface area contributed by atoms with Crippen LogP contribution in [-0.2, 0) is 10.9 Å². The lowest BCUT2D eigenvalue weighted by molar-refractivity contribution is -0.137. The molecule has 0 aliphatic rings. The van der Waals surface area contributed by atoms with E-state index in [0.717, 1.165) is 31.7 Å². The van der Waals surface area contributed by atoms with Crippen molar-refractivity contribution in [1.82, 2.24) is 0 Å². The highest BCUT2D eigenvalue weighted by atomic mass is 19.4. The van der Waals surface area contributed by atoms with Gasteiger partial charge in [-0.25, -0.2) is 0 Å². The number of rotatable bonds is 12. The van der Waals surface area contributed by atoms with E-state index in [0.29, 0.717) is 12.2 Å². The van der Waals surface area contributed by atoms with Gasteiger partial charge in [-0.3, -0.25) is 0 Å². The first kappa shape index (κ1) is 21.0. The number of unbranched alkanes of at least 4 members (excludes halogenated alkanes) is 6. The Hall–Kier alpha value is -1.03. The molecule has 0 aliphatic carbocycles. The van der Waals surface area contributed by atoms with Gasteiger partial charge in [0.25, 0.3) is 0 Å². The fourth-order valence-corrected chi connectivity index (χ4v) is 2.81. The van der Waals surface area contributed by atoms with Crippen molar-refractivity contribution in [2.75, 3.05) is 6.61 Å². The number of alkyl halides is 3. The number of hydrogen-bond acceptors (Lipinski definition) is 1. The minimum Gasteiger partial charge on any atom is -0.374 e. The summed E-state index contributed by atoms with van der Waals surface area (Å²) in [5.41, 5.74) is 0.0499. The van der Waals surface area contributed by atoms with Crippen LogP contribution in [0.15, 0.2) is 24.3 Å². The topological polar surface area (TPSA) is 9.23 Å². The average Bonchev–Trinajstić information content (AvgIpc) is 2.56. The first-order valence-corrected chi connectivity index (χ1v) is 9.27. The van der Waals surface area contributed by atoms with Gasteiger partial charge in [-0.05, 0) is 30.5 Å². The van der Waals surface area contributed by atoms with Gasteiger partial charge in [0.15, 0.2) is 0 Å². The zero-order valence-electron chi connectivity index (χ0n) is 15.0.